The summed E-state index contributed by atoms with van der Waals surface area (Å²) in [6.07, 6.45) is 19.8. The molecule has 1 aliphatic rings. The van der Waals surface area contributed by atoms with Crippen LogP contribution in [0.5, 0.6) is 0 Å². The summed E-state index contributed by atoms with van der Waals surface area (Å²) in [5, 5.41) is 0.972. The van der Waals surface area contributed by atoms with Crippen molar-refractivity contribution >= 4 is 11.1 Å². The Balaban J connectivity index is 1.48. The second-order valence-electron chi connectivity index (χ2n) is 8.38. The summed E-state index contributed by atoms with van der Waals surface area (Å²) in [5.74, 6) is 1.60. The third-order valence-electron chi connectivity index (χ3n) is 5.99. The predicted molar refractivity (Wildman–Crippen MR) is 111 cm³/mol. The molecular weight excluding hydrogens is 336 g/mol. The fourth-order valence-corrected chi connectivity index (χ4v) is 4.34. The summed E-state index contributed by atoms with van der Waals surface area (Å²) in [6, 6.07) is 2.08. The van der Waals surface area contributed by atoms with Crippen molar-refractivity contribution in [1.29, 1.82) is 0 Å². The Labute approximate surface area is 163 Å². The molecule has 0 aromatic carbocycles. The van der Waals surface area contributed by atoms with Crippen molar-refractivity contribution in [2.75, 3.05) is 0 Å². The van der Waals surface area contributed by atoms with Crippen molar-refractivity contribution in [2.45, 2.75) is 103 Å². The van der Waals surface area contributed by atoms with Gasteiger partial charge in [0.25, 0.3) is 0 Å². The van der Waals surface area contributed by atoms with Gasteiger partial charge in [-0.3, -0.25) is 4.57 Å². The molecule has 150 valence electrons. The van der Waals surface area contributed by atoms with Gasteiger partial charge >= 0.3 is 5.69 Å². The molecule has 0 saturated heterocycles. The number of hydrogen-bond donors (Lipinski definition) is 0. The third-order valence-corrected chi connectivity index (χ3v) is 5.99. The molecule has 0 radical (unpaired) electrons. The largest absolute Gasteiger partial charge is 0.443 e. The lowest BCUT2D eigenvalue weighted by atomic mass is 9.89. The molecule has 0 bridgehead atoms. The van der Waals surface area contributed by atoms with Crippen molar-refractivity contribution in [3.8, 4) is 0 Å². The zero-order chi connectivity index (χ0) is 18.9. The fraction of sp³-hybridized carbons (Fsp3) is 0.739. The second-order valence-corrected chi connectivity index (χ2v) is 8.38. The van der Waals surface area contributed by atoms with Gasteiger partial charge in [0.15, 0.2) is 0 Å². The van der Waals surface area contributed by atoms with Crippen molar-refractivity contribution in [3.05, 3.63) is 28.5 Å². The van der Waals surface area contributed by atoms with Gasteiger partial charge in [0, 0.05) is 19.2 Å². The highest BCUT2D eigenvalue weighted by molar-refractivity contribution is 5.72. The Morgan fingerprint density at radius 2 is 1.74 bits per heavy atom. The molecule has 27 heavy (non-hydrogen) atoms. The summed E-state index contributed by atoms with van der Waals surface area (Å²) in [7, 11) is 0. The van der Waals surface area contributed by atoms with Crippen LogP contribution in [0.4, 0.5) is 0 Å². The molecule has 1 saturated carbocycles. The zero-order valence-corrected chi connectivity index (χ0v) is 17.0. The average molecular weight is 373 g/mol. The number of rotatable bonds is 11. The van der Waals surface area contributed by atoms with Crippen molar-refractivity contribution < 1.29 is 4.42 Å². The zero-order valence-electron chi connectivity index (χ0n) is 17.0. The summed E-state index contributed by atoms with van der Waals surface area (Å²) < 4.78 is 7.63. The maximum atomic E-state index is 12.3. The third kappa shape index (κ3) is 6.22. The first kappa shape index (κ1) is 20.2. The van der Waals surface area contributed by atoms with Crippen LogP contribution >= 0.6 is 0 Å². The molecule has 1 fully saturated rings. The standard InChI is InChI=1S/C23H36N2O2/c1-2-3-4-5-6-7-8-12-15-21-16-20-18-25(23(26)24-22(20)27-21)17-19-13-10-9-11-14-19/h16,18-19H,2-15,17H2,1H3. The molecule has 0 unspecified atom stereocenters. The smallest absolute Gasteiger partial charge is 0.350 e. The fourth-order valence-electron chi connectivity index (χ4n) is 4.34. The Hall–Kier alpha value is -1.58. The van der Waals surface area contributed by atoms with E-state index in [4.69, 9.17) is 4.42 Å². The Morgan fingerprint density at radius 1 is 1.04 bits per heavy atom. The van der Waals surface area contributed by atoms with Gasteiger partial charge in [0.05, 0.1) is 5.39 Å². The minimum Gasteiger partial charge on any atom is -0.443 e. The summed E-state index contributed by atoms with van der Waals surface area (Å²) in [6.45, 7) is 3.07. The quantitative estimate of drug-likeness (QED) is 0.438. The van der Waals surface area contributed by atoms with Crippen LogP contribution in [-0.4, -0.2) is 9.55 Å². The van der Waals surface area contributed by atoms with Crippen LogP contribution in [0.3, 0.4) is 0 Å². The van der Waals surface area contributed by atoms with Crippen LogP contribution in [0.25, 0.3) is 11.1 Å². The van der Waals surface area contributed by atoms with Crippen LogP contribution in [-0.2, 0) is 13.0 Å². The van der Waals surface area contributed by atoms with E-state index in [0.29, 0.717) is 11.6 Å². The van der Waals surface area contributed by atoms with Crippen LogP contribution in [0, 0.1) is 5.92 Å². The number of aromatic nitrogens is 2. The SMILES string of the molecule is CCCCCCCCCCc1cc2cn(CC3CCCCC3)c(=O)nc2o1. The number of aryl methyl sites for hydroxylation is 1. The van der Waals surface area contributed by atoms with Gasteiger partial charge in [-0.25, -0.2) is 4.79 Å². The van der Waals surface area contributed by atoms with E-state index < -0.39 is 0 Å². The number of fused-ring (bicyclic) bond motifs is 1. The Kier molecular flexibility index (Phi) is 7.97. The van der Waals surface area contributed by atoms with E-state index >= 15 is 0 Å². The minimum atomic E-state index is -0.166. The summed E-state index contributed by atoms with van der Waals surface area (Å²) in [4.78, 5) is 16.5. The maximum Gasteiger partial charge on any atom is 0.350 e. The van der Waals surface area contributed by atoms with Gasteiger partial charge in [0.2, 0.25) is 5.71 Å². The number of furan rings is 1. The molecule has 4 nitrogen and oxygen atoms in total. The molecule has 0 aliphatic heterocycles. The molecule has 2 aromatic heterocycles. The van der Waals surface area contributed by atoms with Gasteiger partial charge in [-0.15, -0.1) is 0 Å². The summed E-state index contributed by atoms with van der Waals surface area (Å²) in [5.41, 5.74) is 0.343. The minimum absolute atomic E-state index is 0.166. The van der Waals surface area contributed by atoms with E-state index in [2.05, 4.69) is 18.0 Å². The monoisotopic (exact) mass is 372 g/mol. The lowest BCUT2D eigenvalue weighted by Crippen LogP contribution is -2.26. The molecule has 0 spiro atoms. The predicted octanol–water partition coefficient (Wildman–Crippen LogP) is 6.25. The van der Waals surface area contributed by atoms with E-state index in [1.54, 1.807) is 4.57 Å². The summed E-state index contributed by atoms with van der Waals surface area (Å²) >= 11 is 0. The highest BCUT2D eigenvalue weighted by Crippen LogP contribution is 2.25. The van der Waals surface area contributed by atoms with Crippen LogP contribution in [0.1, 0.15) is 96.2 Å². The lowest BCUT2D eigenvalue weighted by molar-refractivity contribution is 0.315. The number of hydrogen-bond acceptors (Lipinski definition) is 3. The molecule has 4 heteroatoms. The molecule has 0 atom stereocenters. The topological polar surface area (TPSA) is 48.0 Å². The highest BCUT2D eigenvalue weighted by atomic mass is 16.3. The van der Waals surface area contributed by atoms with Crippen molar-refractivity contribution in [3.63, 3.8) is 0 Å². The normalized spacial score (nSPS) is 15.6. The van der Waals surface area contributed by atoms with E-state index in [0.717, 1.165) is 30.5 Å². The number of unbranched alkanes of at least 4 members (excludes halogenated alkanes) is 7. The van der Waals surface area contributed by atoms with Gasteiger partial charge < -0.3 is 4.42 Å². The highest BCUT2D eigenvalue weighted by Gasteiger charge is 2.16. The van der Waals surface area contributed by atoms with Crippen molar-refractivity contribution in [2.24, 2.45) is 5.92 Å². The van der Waals surface area contributed by atoms with E-state index in [1.807, 2.05) is 6.20 Å². The molecule has 2 aromatic rings. The second kappa shape index (κ2) is 10.7. The first-order valence-electron chi connectivity index (χ1n) is 11.3. The van der Waals surface area contributed by atoms with E-state index in [9.17, 15) is 4.79 Å². The maximum absolute atomic E-state index is 12.3. The van der Waals surface area contributed by atoms with Crippen molar-refractivity contribution in [1.82, 2.24) is 9.55 Å². The molecule has 0 amide bonds. The van der Waals surface area contributed by atoms with Crippen LogP contribution in [0.15, 0.2) is 21.5 Å². The molecular formula is C23H36N2O2. The molecule has 0 N–H and O–H groups in total. The van der Waals surface area contributed by atoms with Gasteiger partial charge in [-0.1, -0.05) is 71.1 Å². The van der Waals surface area contributed by atoms with Crippen LogP contribution < -0.4 is 5.69 Å². The lowest BCUT2D eigenvalue weighted by Gasteiger charge is -2.21. The Bertz CT molecular complexity index is 740. The molecule has 1 aliphatic carbocycles. The van der Waals surface area contributed by atoms with Gasteiger partial charge in [0.1, 0.15) is 5.76 Å². The van der Waals surface area contributed by atoms with E-state index in [1.165, 1.54) is 77.0 Å². The van der Waals surface area contributed by atoms with Crippen LogP contribution in [0.2, 0.25) is 0 Å². The van der Waals surface area contributed by atoms with Gasteiger partial charge in [-0.05, 0) is 31.2 Å². The van der Waals surface area contributed by atoms with Gasteiger partial charge in [-0.2, -0.15) is 4.98 Å². The first-order chi connectivity index (χ1) is 13.3. The Morgan fingerprint density at radius 3 is 2.48 bits per heavy atom. The average Bonchev–Trinajstić information content (AvgIpc) is 3.06. The van der Waals surface area contributed by atoms with E-state index in [-0.39, 0.29) is 5.69 Å². The molecule has 2 heterocycles. The number of nitrogens with zero attached hydrogens (tertiary/aromatic N) is 2. The molecule has 3 rings (SSSR count). The first-order valence-corrected chi connectivity index (χ1v) is 11.3.